The first-order valence-corrected chi connectivity index (χ1v) is 11.5. The average molecular weight is 460 g/mol. The number of hydrogen-bond donors (Lipinski definition) is 1. The third-order valence-electron chi connectivity index (χ3n) is 6.55. The van der Waals surface area contributed by atoms with Gasteiger partial charge in [-0.3, -0.25) is 24.6 Å². The number of anilines is 1. The molecule has 6 rings (SSSR count). The normalized spacial score (nSPS) is 17.0. The summed E-state index contributed by atoms with van der Waals surface area (Å²) < 4.78 is 0. The molecule has 1 fully saturated rings. The molecule has 1 unspecified atom stereocenters. The Balaban J connectivity index is 1.52. The summed E-state index contributed by atoms with van der Waals surface area (Å²) in [6.45, 7) is 0. The predicted molar refractivity (Wildman–Crippen MR) is 135 cm³/mol. The van der Waals surface area contributed by atoms with Crippen LogP contribution in [0.1, 0.15) is 34.3 Å². The monoisotopic (exact) mass is 459 g/mol. The van der Waals surface area contributed by atoms with Gasteiger partial charge < -0.3 is 0 Å². The second kappa shape index (κ2) is 8.33. The van der Waals surface area contributed by atoms with E-state index >= 15 is 0 Å². The molecule has 2 heterocycles. The van der Waals surface area contributed by atoms with E-state index in [-0.39, 0.29) is 18.2 Å². The van der Waals surface area contributed by atoms with Crippen LogP contribution in [0.3, 0.4) is 0 Å². The molecule has 1 N–H and O–H groups in total. The molecular formula is C29H21N3O3. The summed E-state index contributed by atoms with van der Waals surface area (Å²) in [4.78, 5) is 44.3. The maximum Gasteiger partial charge on any atom is 0.259 e. The van der Waals surface area contributed by atoms with Gasteiger partial charge in [0.05, 0.1) is 17.1 Å². The molecule has 0 spiro atoms. The largest absolute Gasteiger partial charge is 0.295 e. The molecule has 0 aliphatic carbocycles. The molecule has 0 aromatic heterocycles. The van der Waals surface area contributed by atoms with Crippen LogP contribution in [0.25, 0.3) is 10.8 Å². The molecule has 0 bridgehead atoms. The summed E-state index contributed by atoms with van der Waals surface area (Å²) in [6.07, 6.45) is 0.511. The van der Waals surface area contributed by atoms with Gasteiger partial charge in [-0.25, -0.2) is 4.99 Å². The Morgan fingerprint density at radius 1 is 0.800 bits per heavy atom. The maximum absolute atomic E-state index is 13.4. The number of rotatable bonds is 4. The number of carbonyl (C=O) groups is 3. The van der Waals surface area contributed by atoms with E-state index in [1.807, 2.05) is 84.9 Å². The van der Waals surface area contributed by atoms with Crippen LogP contribution >= 0.6 is 0 Å². The van der Waals surface area contributed by atoms with Crippen molar-refractivity contribution in [3.05, 3.63) is 108 Å². The summed E-state index contributed by atoms with van der Waals surface area (Å²) >= 11 is 0. The number of nitrogens with zero attached hydrogens (tertiary/aromatic N) is 2. The quantitative estimate of drug-likeness (QED) is 0.353. The van der Waals surface area contributed by atoms with E-state index in [0.29, 0.717) is 17.7 Å². The smallest absolute Gasteiger partial charge is 0.259 e. The van der Waals surface area contributed by atoms with Gasteiger partial charge in [-0.05, 0) is 24.6 Å². The lowest BCUT2D eigenvalue weighted by atomic mass is 10.0. The summed E-state index contributed by atoms with van der Waals surface area (Å²) in [6, 6.07) is 28.6. The lowest BCUT2D eigenvalue weighted by molar-refractivity contribution is -0.134. The van der Waals surface area contributed by atoms with E-state index in [0.717, 1.165) is 33.3 Å². The SMILES string of the molecule is O=C1CCC(N2C(=O)c3cccc4c(N=C(c5ccccc5)c5ccccc5)ccc2c34)C(=O)N1. The minimum Gasteiger partial charge on any atom is -0.295 e. The van der Waals surface area contributed by atoms with Crippen LogP contribution in [0.5, 0.6) is 0 Å². The van der Waals surface area contributed by atoms with E-state index in [4.69, 9.17) is 4.99 Å². The number of benzene rings is 4. The van der Waals surface area contributed by atoms with Crippen molar-refractivity contribution in [1.82, 2.24) is 5.32 Å². The van der Waals surface area contributed by atoms with Crippen molar-refractivity contribution in [3.63, 3.8) is 0 Å². The van der Waals surface area contributed by atoms with Crippen molar-refractivity contribution >= 4 is 45.6 Å². The fourth-order valence-electron chi connectivity index (χ4n) is 4.93. The van der Waals surface area contributed by atoms with Gasteiger partial charge in [0.1, 0.15) is 6.04 Å². The summed E-state index contributed by atoms with van der Waals surface area (Å²) in [5, 5.41) is 3.99. The van der Waals surface area contributed by atoms with Crippen molar-refractivity contribution < 1.29 is 14.4 Å². The van der Waals surface area contributed by atoms with E-state index in [9.17, 15) is 14.4 Å². The van der Waals surface area contributed by atoms with Crippen molar-refractivity contribution in [2.24, 2.45) is 4.99 Å². The highest BCUT2D eigenvalue weighted by Gasteiger charge is 2.40. The molecule has 0 radical (unpaired) electrons. The van der Waals surface area contributed by atoms with Crippen LogP contribution in [0.2, 0.25) is 0 Å². The van der Waals surface area contributed by atoms with Crippen LogP contribution in [0.4, 0.5) is 11.4 Å². The van der Waals surface area contributed by atoms with Gasteiger partial charge >= 0.3 is 0 Å². The van der Waals surface area contributed by atoms with E-state index in [2.05, 4.69) is 5.32 Å². The first-order valence-electron chi connectivity index (χ1n) is 11.5. The molecular weight excluding hydrogens is 438 g/mol. The van der Waals surface area contributed by atoms with E-state index in [1.54, 1.807) is 6.07 Å². The molecule has 4 aromatic rings. The Morgan fingerprint density at radius 2 is 1.49 bits per heavy atom. The Bertz CT molecular complexity index is 1490. The van der Waals surface area contributed by atoms with Gasteiger partial charge in [0.2, 0.25) is 11.8 Å². The number of amides is 3. The first-order chi connectivity index (χ1) is 17.1. The lowest BCUT2D eigenvalue weighted by Gasteiger charge is -2.30. The van der Waals surface area contributed by atoms with Crippen LogP contribution < -0.4 is 10.2 Å². The third-order valence-corrected chi connectivity index (χ3v) is 6.55. The highest BCUT2D eigenvalue weighted by Crippen LogP contribution is 2.43. The number of nitrogens with one attached hydrogen (secondary N) is 1. The standard InChI is InChI=1S/C29H21N3O3/c33-25-17-16-24(28(34)31-25)32-23-15-14-22(20-12-7-13-21(26(20)23)29(32)35)30-27(18-8-3-1-4-9-18)19-10-5-2-6-11-19/h1-15,24H,16-17H2,(H,31,33,34). The van der Waals surface area contributed by atoms with Crippen molar-refractivity contribution in [2.45, 2.75) is 18.9 Å². The highest BCUT2D eigenvalue weighted by molar-refractivity contribution is 6.28. The number of aliphatic imine (C=N–C) groups is 1. The second-order valence-electron chi connectivity index (χ2n) is 8.67. The fraction of sp³-hybridized carbons (Fsp3) is 0.103. The van der Waals surface area contributed by atoms with Gasteiger partial charge in [-0.1, -0.05) is 72.8 Å². The molecule has 3 amide bonds. The average Bonchev–Trinajstić information content (AvgIpc) is 3.17. The van der Waals surface area contributed by atoms with Gasteiger partial charge in [-0.2, -0.15) is 0 Å². The van der Waals surface area contributed by atoms with Crippen LogP contribution in [-0.4, -0.2) is 29.5 Å². The molecule has 1 atom stereocenters. The molecule has 2 aliphatic heterocycles. The number of piperidine rings is 1. The Kier molecular flexibility index (Phi) is 4.99. The van der Waals surface area contributed by atoms with E-state index in [1.165, 1.54) is 4.90 Å². The second-order valence-corrected chi connectivity index (χ2v) is 8.67. The Morgan fingerprint density at radius 3 is 2.14 bits per heavy atom. The van der Waals surface area contributed by atoms with Crippen LogP contribution in [0, 0.1) is 0 Å². The summed E-state index contributed by atoms with van der Waals surface area (Å²) in [5.74, 6) is -0.972. The number of carbonyl (C=O) groups excluding carboxylic acids is 3. The Hall–Kier alpha value is -4.58. The molecule has 6 heteroatoms. The molecule has 2 aliphatic rings. The zero-order valence-electron chi connectivity index (χ0n) is 18.8. The zero-order chi connectivity index (χ0) is 23.9. The van der Waals surface area contributed by atoms with Gasteiger partial charge in [0.15, 0.2) is 0 Å². The van der Waals surface area contributed by atoms with Crippen molar-refractivity contribution in [2.75, 3.05) is 4.90 Å². The fourth-order valence-corrected chi connectivity index (χ4v) is 4.93. The molecule has 35 heavy (non-hydrogen) atoms. The van der Waals surface area contributed by atoms with Gasteiger partial charge in [0, 0.05) is 33.9 Å². The third kappa shape index (κ3) is 3.51. The van der Waals surface area contributed by atoms with E-state index < -0.39 is 11.9 Å². The molecule has 0 saturated carbocycles. The minimum atomic E-state index is -0.714. The molecule has 6 nitrogen and oxygen atoms in total. The minimum absolute atomic E-state index is 0.208. The molecule has 170 valence electrons. The van der Waals surface area contributed by atoms with Crippen LogP contribution in [-0.2, 0) is 9.59 Å². The number of imide groups is 1. The number of hydrogen-bond acceptors (Lipinski definition) is 4. The van der Waals surface area contributed by atoms with Crippen LogP contribution in [0.15, 0.2) is 96.0 Å². The summed E-state index contributed by atoms with van der Waals surface area (Å²) in [5.41, 5.74) is 4.77. The zero-order valence-corrected chi connectivity index (χ0v) is 18.8. The molecule has 4 aromatic carbocycles. The van der Waals surface area contributed by atoms with Gasteiger partial charge in [0.25, 0.3) is 5.91 Å². The highest BCUT2D eigenvalue weighted by atomic mass is 16.2. The van der Waals surface area contributed by atoms with Crippen molar-refractivity contribution in [1.29, 1.82) is 0 Å². The lowest BCUT2D eigenvalue weighted by Crippen LogP contribution is -2.53. The maximum atomic E-state index is 13.4. The first kappa shape index (κ1) is 21.0. The molecule has 1 saturated heterocycles. The predicted octanol–water partition coefficient (Wildman–Crippen LogP) is 4.77. The topological polar surface area (TPSA) is 78.8 Å². The Labute approximate surface area is 201 Å². The van der Waals surface area contributed by atoms with Crippen molar-refractivity contribution in [3.8, 4) is 0 Å². The summed E-state index contributed by atoms with van der Waals surface area (Å²) in [7, 11) is 0. The van der Waals surface area contributed by atoms with Gasteiger partial charge in [-0.15, -0.1) is 0 Å².